The smallest absolute Gasteiger partial charge is 0.341 e. The maximum absolute atomic E-state index is 11.3. The molecule has 1 saturated heterocycles. The molecule has 2 heterocycles. The predicted octanol–water partition coefficient (Wildman–Crippen LogP) is 1.52. The van der Waals surface area contributed by atoms with Crippen LogP contribution in [0.15, 0.2) is 0 Å². The van der Waals surface area contributed by atoms with Crippen LogP contribution in [0.4, 0.5) is 5.82 Å². The van der Waals surface area contributed by atoms with Crippen molar-refractivity contribution < 1.29 is 9.90 Å². The summed E-state index contributed by atoms with van der Waals surface area (Å²) in [4.78, 5) is 13.4. The first kappa shape index (κ1) is 12.0. The largest absolute Gasteiger partial charge is 0.477 e. The van der Waals surface area contributed by atoms with E-state index in [1.165, 1.54) is 0 Å². The van der Waals surface area contributed by atoms with Gasteiger partial charge < -0.3 is 10.0 Å². The molecule has 2 unspecified atom stereocenters. The highest BCUT2D eigenvalue weighted by molar-refractivity contribution is 5.94. The Morgan fingerprint density at radius 3 is 2.35 bits per heavy atom. The van der Waals surface area contributed by atoms with Crippen LogP contribution in [0.3, 0.4) is 0 Å². The van der Waals surface area contributed by atoms with E-state index in [0.717, 1.165) is 18.9 Å². The van der Waals surface area contributed by atoms with E-state index in [-0.39, 0.29) is 0 Å². The second kappa shape index (κ2) is 4.05. The molecule has 0 saturated carbocycles. The number of aromatic carboxylic acids is 1. The Kier molecular flexibility index (Phi) is 2.85. The molecule has 5 heteroatoms. The maximum atomic E-state index is 11.3. The molecule has 2 rings (SSSR count). The second-order valence-electron chi connectivity index (χ2n) is 5.07. The Morgan fingerprint density at radius 2 is 1.88 bits per heavy atom. The number of rotatable bonds is 2. The number of hydrogen-bond donors (Lipinski definition) is 1. The molecule has 5 nitrogen and oxygen atoms in total. The highest BCUT2D eigenvalue weighted by Gasteiger charge is 2.32. The molecule has 0 spiro atoms. The van der Waals surface area contributed by atoms with Gasteiger partial charge in [0.05, 0.1) is 5.69 Å². The normalized spacial score (nSPS) is 24.4. The molecule has 1 aromatic rings. The summed E-state index contributed by atoms with van der Waals surface area (Å²) in [7, 11) is 1.81. The first-order valence-corrected chi connectivity index (χ1v) is 5.93. The number of anilines is 1. The van der Waals surface area contributed by atoms with Crippen molar-refractivity contribution in [2.75, 3.05) is 18.0 Å². The van der Waals surface area contributed by atoms with Crippen LogP contribution >= 0.6 is 0 Å². The molecule has 1 aromatic heterocycles. The molecule has 0 radical (unpaired) electrons. The van der Waals surface area contributed by atoms with Crippen LogP contribution in [-0.4, -0.2) is 33.9 Å². The number of carboxylic acid groups (broad SMARTS) is 1. The molecular formula is C12H19N3O2. The third-order valence-electron chi connectivity index (χ3n) is 3.69. The molecular weight excluding hydrogens is 218 g/mol. The highest BCUT2D eigenvalue weighted by Crippen LogP contribution is 2.31. The molecule has 1 fully saturated rings. The van der Waals surface area contributed by atoms with Crippen molar-refractivity contribution in [3.05, 3.63) is 11.3 Å². The van der Waals surface area contributed by atoms with E-state index in [9.17, 15) is 9.90 Å². The van der Waals surface area contributed by atoms with Crippen molar-refractivity contribution in [2.24, 2.45) is 18.9 Å². The van der Waals surface area contributed by atoms with Crippen molar-refractivity contribution >= 4 is 11.8 Å². The monoisotopic (exact) mass is 237 g/mol. The topological polar surface area (TPSA) is 58.4 Å². The first-order chi connectivity index (χ1) is 7.91. The van der Waals surface area contributed by atoms with Crippen LogP contribution in [0.2, 0.25) is 0 Å². The van der Waals surface area contributed by atoms with Gasteiger partial charge in [0, 0.05) is 20.1 Å². The molecule has 0 bridgehead atoms. The lowest BCUT2D eigenvalue weighted by atomic mass is 10.0. The fraction of sp³-hybridized carbons (Fsp3) is 0.667. The Balaban J connectivity index is 2.42. The zero-order valence-electron chi connectivity index (χ0n) is 10.8. The summed E-state index contributed by atoms with van der Waals surface area (Å²) in [5.41, 5.74) is 0.927. The van der Waals surface area contributed by atoms with Crippen LogP contribution in [0.5, 0.6) is 0 Å². The molecule has 1 aliphatic heterocycles. The van der Waals surface area contributed by atoms with Crippen molar-refractivity contribution in [2.45, 2.75) is 20.8 Å². The van der Waals surface area contributed by atoms with Gasteiger partial charge in [-0.05, 0) is 18.8 Å². The Hall–Kier alpha value is -1.52. The number of carbonyl (C=O) groups is 1. The van der Waals surface area contributed by atoms with Gasteiger partial charge in [-0.1, -0.05) is 13.8 Å². The summed E-state index contributed by atoms with van der Waals surface area (Å²) in [6.07, 6.45) is 0. The average molecular weight is 237 g/mol. The number of hydrogen-bond acceptors (Lipinski definition) is 3. The fourth-order valence-corrected chi connectivity index (χ4v) is 2.56. The van der Waals surface area contributed by atoms with Gasteiger partial charge in [-0.3, -0.25) is 4.68 Å². The standard InChI is InChI=1S/C12H19N3O2/c1-7-5-15(6-8(7)2)11-10(12(16)17)9(3)13-14(11)4/h7-8H,5-6H2,1-4H3,(H,16,17). The van der Waals surface area contributed by atoms with E-state index in [2.05, 4.69) is 23.8 Å². The lowest BCUT2D eigenvalue weighted by Crippen LogP contribution is -2.24. The molecule has 2 atom stereocenters. The van der Waals surface area contributed by atoms with Crippen molar-refractivity contribution in [3.8, 4) is 0 Å². The van der Waals surface area contributed by atoms with Crippen molar-refractivity contribution in [3.63, 3.8) is 0 Å². The average Bonchev–Trinajstić information content (AvgIpc) is 2.68. The van der Waals surface area contributed by atoms with Crippen LogP contribution in [0.1, 0.15) is 29.9 Å². The summed E-state index contributed by atoms with van der Waals surface area (Å²) in [5.74, 6) is 1.03. The Morgan fingerprint density at radius 1 is 1.35 bits per heavy atom. The minimum atomic E-state index is -0.891. The fourth-order valence-electron chi connectivity index (χ4n) is 2.56. The Bertz CT molecular complexity index is 443. The number of nitrogens with zero attached hydrogens (tertiary/aromatic N) is 3. The maximum Gasteiger partial charge on any atom is 0.341 e. The van der Waals surface area contributed by atoms with Crippen LogP contribution in [0, 0.1) is 18.8 Å². The minimum absolute atomic E-state index is 0.341. The van der Waals surface area contributed by atoms with Crippen LogP contribution < -0.4 is 4.90 Å². The number of carboxylic acids is 1. The second-order valence-corrected chi connectivity index (χ2v) is 5.07. The van der Waals surface area contributed by atoms with Crippen molar-refractivity contribution in [1.82, 2.24) is 9.78 Å². The number of aryl methyl sites for hydroxylation is 2. The van der Waals surface area contributed by atoms with E-state index >= 15 is 0 Å². The molecule has 17 heavy (non-hydrogen) atoms. The Labute approximate surface area is 101 Å². The number of aromatic nitrogens is 2. The summed E-state index contributed by atoms with van der Waals surface area (Å²) < 4.78 is 1.68. The van der Waals surface area contributed by atoms with Gasteiger partial charge in [0.15, 0.2) is 0 Å². The lowest BCUT2D eigenvalue weighted by molar-refractivity contribution is 0.0696. The SMILES string of the molecule is Cc1nn(C)c(N2CC(C)C(C)C2)c1C(=O)O. The molecule has 1 aliphatic rings. The van der Waals surface area contributed by atoms with Gasteiger partial charge in [-0.25, -0.2) is 4.79 Å². The van der Waals surface area contributed by atoms with Gasteiger partial charge in [0.25, 0.3) is 0 Å². The van der Waals surface area contributed by atoms with Gasteiger partial charge in [-0.15, -0.1) is 0 Å². The zero-order chi connectivity index (χ0) is 12.7. The molecule has 0 aromatic carbocycles. The van der Waals surface area contributed by atoms with E-state index in [1.807, 2.05) is 7.05 Å². The van der Waals surface area contributed by atoms with Gasteiger partial charge in [-0.2, -0.15) is 5.10 Å². The third kappa shape index (κ3) is 1.90. The summed E-state index contributed by atoms with van der Waals surface area (Å²) in [6, 6.07) is 0. The van der Waals surface area contributed by atoms with Gasteiger partial charge in [0.2, 0.25) is 0 Å². The summed E-state index contributed by atoms with van der Waals surface area (Å²) >= 11 is 0. The van der Waals surface area contributed by atoms with E-state index in [0.29, 0.717) is 23.1 Å². The van der Waals surface area contributed by atoms with Crippen LogP contribution in [-0.2, 0) is 7.05 Å². The molecule has 1 N–H and O–H groups in total. The summed E-state index contributed by atoms with van der Waals surface area (Å²) in [5, 5.41) is 13.5. The molecule has 94 valence electrons. The van der Waals surface area contributed by atoms with Gasteiger partial charge >= 0.3 is 5.97 Å². The van der Waals surface area contributed by atoms with E-state index in [1.54, 1.807) is 11.6 Å². The van der Waals surface area contributed by atoms with E-state index in [4.69, 9.17) is 0 Å². The van der Waals surface area contributed by atoms with Crippen LogP contribution in [0.25, 0.3) is 0 Å². The van der Waals surface area contributed by atoms with Gasteiger partial charge in [0.1, 0.15) is 11.4 Å². The highest BCUT2D eigenvalue weighted by atomic mass is 16.4. The lowest BCUT2D eigenvalue weighted by Gasteiger charge is -2.19. The minimum Gasteiger partial charge on any atom is -0.477 e. The van der Waals surface area contributed by atoms with Crippen molar-refractivity contribution in [1.29, 1.82) is 0 Å². The zero-order valence-corrected chi connectivity index (χ0v) is 10.8. The molecule has 0 aliphatic carbocycles. The third-order valence-corrected chi connectivity index (χ3v) is 3.69. The predicted molar refractivity (Wildman–Crippen MR) is 65.4 cm³/mol. The first-order valence-electron chi connectivity index (χ1n) is 5.93. The quantitative estimate of drug-likeness (QED) is 0.847. The van der Waals surface area contributed by atoms with E-state index < -0.39 is 5.97 Å². The summed E-state index contributed by atoms with van der Waals surface area (Å²) in [6.45, 7) is 7.96. The molecule has 0 amide bonds.